The van der Waals surface area contributed by atoms with E-state index in [0.29, 0.717) is 18.7 Å². The summed E-state index contributed by atoms with van der Waals surface area (Å²) in [6.07, 6.45) is 2.15. The number of hydrogen-bond acceptors (Lipinski definition) is 4. The summed E-state index contributed by atoms with van der Waals surface area (Å²) < 4.78 is 1.06. The van der Waals surface area contributed by atoms with Gasteiger partial charge in [0, 0.05) is 23.8 Å². The van der Waals surface area contributed by atoms with Crippen LogP contribution in [0.15, 0.2) is 44.5 Å². The number of halogens is 1. The zero-order chi connectivity index (χ0) is 17.6. The van der Waals surface area contributed by atoms with Crippen LogP contribution in [0.25, 0.3) is 11.0 Å². The lowest BCUT2D eigenvalue weighted by Crippen LogP contribution is -2.36. The number of carbonyl (C=O) groups excluding carboxylic acids is 1. The smallest absolute Gasteiger partial charge is 0.327 e. The van der Waals surface area contributed by atoms with Crippen molar-refractivity contribution in [1.82, 2.24) is 19.9 Å². The van der Waals surface area contributed by atoms with E-state index >= 15 is 0 Å². The van der Waals surface area contributed by atoms with Gasteiger partial charge in [-0.1, -0.05) is 28.1 Å². The number of amides is 1. The second-order valence-corrected chi connectivity index (χ2v) is 6.74. The van der Waals surface area contributed by atoms with Crippen LogP contribution in [0.2, 0.25) is 0 Å². The highest BCUT2D eigenvalue weighted by Crippen LogP contribution is 2.27. The molecule has 2 aromatic heterocycles. The van der Waals surface area contributed by atoms with Gasteiger partial charge in [0.05, 0.1) is 10.9 Å². The summed E-state index contributed by atoms with van der Waals surface area (Å²) in [5.74, 6) is -0.189. The fourth-order valence-electron chi connectivity index (χ4n) is 3.08. The number of aromatic amines is 2. The lowest BCUT2D eigenvalue weighted by Gasteiger charge is -2.29. The molecule has 0 bridgehead atoms. The summed E-state index contributed by atoms with van der Waals surface area (Å²) in [5.41, 5.74) is 1.62. The molecule has 1 amide bonds. The first kappa shape index (κ1) is 15.8. The monoisotopic (exact) mass is 400 g/mol. The molecule has 0 saturated carbocycles. The highest BCUT2D eigenvalue weighted by molar-refractivity contribution is 9.10. The molecule has 1 aliphatic rings. The maximum absolute atomic E-state index is 12.8. The molecule has 0 radical (unpaired) electrons. The number of carbonyl (C=O) groups is 1. The summed E-state index contributed by atoms with van der Waals surface area (Å²) in [5, 5.41) is 0.186. The van der Waals surface area contributed by atoms with Crippen molar-refractivity contribution in [2.75, 3.05) is 6.54 Å². The van der Waals surface area contributed by atoms with Crippen LogP contribution in [0.3, 0.4) is 0 Å². The minimum absolute atomic E-state index is 0.165. The first-order valence-electron chi connectivity index (χ1n) is 7.71. The van der Waals surface area contributed by atoms with E-state index in [1.54, 1.807) is 4.90 Å². The van der Waals surface area contributed by atoms with Crippen LogP contribution in [-0.4, -0.2) is 32.3 Å². The third kappa shape index (κ3) is 2.78. The Morgan fingerprint density at radius 1 is 1.24 bits per heavy atom. The first-order chi connectivity index (χ1) is 12.0. The second kappa shape index (κ2) is 5.96. The highest BCUT2D eigenvalue weighted by atomic mass is 79.9. The van der Waals surface area contributed by atoms with E-state index in [2.05, 4.69) is 30.9 Å². The SMILES string of the molecule is O=C(c1cnc2[nH]c(=O)[nH]c(=O)c2c1)N1CCc2c(Br)cccc2C1. The van der Waals surface area contributed by atoms with Gasteiger partial charge in [0.2, 0.25) is 0 Å². The van der Waals surface area contributed by atoms with E-state index in [0.717, 1.165) is 16.5 Å². The van der Waals surface area contributed by atoms with Crippen LogP contribution in [0.5, 0.6) is 0 Å². The number of H-pyrrole nitrogens is 2. The molecule has 7 nitrogen and oxygen atoms in total. The Kier molecular flexibility index (Phi) is 3.76. The molecule has 3 aromatic rings. The molecule has 0 saturated heterocycles. The summed E-state index contributed by atoms with van der Waals surface area (Å²) in [7, 11) is 0. The fraction of sp³-hybridized carbons (Fsp3) is 0.176. The van der Waals surface area contributed by atoms with Gasteiger partial charge >= 0.3 is 5.69 Å². The van der Waals surface area contributed by atoms with Gasteiger partial charge in [-0.3, -0.25) is 19.6 Å². The average molecular weight is 401 g/mol. The van der Waals surface area contributed by atoms with Crippen LogP contribution < -0.4 is 11.2 Å². The van der Waals surface area contributed by atoms with Gasteiger partial charge in [-0.25, -0.2) is 9.78 Å². The van der Waals surface area contributed by atoms with E-state index in [-0.39, 0.29) is 16.9 Å². The molecule has 0 fully saturated rings. The summed E-state index contributed by atoms with van der Waals surface area (Å²) in [4.78, 5) is 46.4. The maximum Gasteiger partial charge on any atom is 0.327 e. The van der Waals surface area contributed by atoms with Gasteiger partial charge in [-0.15, -0.1) is 0 Å². The van der Waals surface area contributed by atoms with Crippen molar-refractivity contribution in [3.8, 4) is 0 Å². The lowest BCUT2D eigenvalue weighted by molar-refractivity contribution is 0.0734. The molecule has 2 N–H and O–H groups in total. The van der Waals surface area contributed by atoms with Crippen molar-refractivity contribution in [3.05, 3.63) is 72.5 Å². The van der Waals surface area contributed by atoms with Crippen LogP contribution in [0.4, 0.5) is 0 Å². The molecule has 0 atom stereocenters. The molecule has 3 heterocycles. The molecule has 25 heavy (non-hydrogen) atoms. The molecule has 0 aliphatic carbocycles. The molecule has 0 spiro atoms. The van der Waals surface area contributed by atoms with E-state index in [9.17, 15) is 14.4 Å². The van der Waals surface area contributed by atoms with Gasteiger partial charge in [0.1, 0.15) is 5.65 Å². The Balaban J connectivity index is 1.69. The molecule has 1 aromatic carbocycles. The number of fused-ring (bicyclic) bond motifs is 2. The molecular weight excluding hydrogens is 388 g/mol. The average Bonchev–Trinajstić information content (AvgIpc) is 2.60. The zero-order valence-corrected chi connectivity index (χ0v) is 14.6. The Bertz CT molecular complexity index is 1120. The Labute approximate surface area is 149 Å². The Morgan fingerprint density at radius 3 is 2.92 bits per heavy atom. The van der Waals surface area contributed by atoms with Gasteiger partial charge in [0.15, 0.2) is 0 Å². The van der Waals surface area contributed by atoms with Gasteiger partial charge in [-0.05, 0) is 29.7 Å². The van der Waals surface area contributed by atoms with Crippen molar-refractivity contribution < 1.29 is 4.79 Å². The van der Waals surface area contributed by atoms with Crippen molar-refractivity contribution in [2.24, 2.45) is 0 Å². The largest absolute Gasteiger partial charge is 0.334 e. The minimum atomic E-state index is -0.623. The molecule has 8 heteroatoms. The molecule has 126 valence electrons. The van der Waals surface area contributed by atoms with Gasteiger partial charge in [0.25, 0.3) is 11.5 Å². The lowest BCUT2D eigenvalue weighted by atomic mass is 9.99. The molecule has 0 unspecified atom stereocenters. The predicted molar refractivity (Wildman–Crippen MR) is 95.6 cm³/mol. The normalized spacial score (nSPS) is 13.7. The number of hydrogen-bond donors (Lipinski definition) is 2. The van der Waals surface area contributed by atoms with Gasteiger partial charge in [-0.2, -0.15) is 0 Å². The van der Waals surface area contributed by atoms with Crippen molar-refractivity contribution in [2.45, 2.75) is 13.0 Å². The topological polar surface area (TPSA) is 98.9 Å². The number of rotatable bonds is 1. The number of benzene rings is 1. The van der Waals surface area contributed by atoms with Crippen LogP contribution in [0, 0.1) is 0 Å². The zero-order valence-electron chi connectivity index (χ0n) is 13.0. The standard InChI is InChI=1S/C17H13BrN4O3/c18-13-3-1-2-9-8-22(5-4-11(9)13)16(24)10-6-12-14(19-7-10)20-17(25)21-15(12)23/h1-3,6-7H,4-5,8H2,(H2,19,20,21,23,25). The van der Waals surface area contributed by atoms with Crippen molar-refractivity contribution >= 4 is 32.9 Å². The first-order valence-corrected chi connectivity index (χ1v) is 8.50. The Hall–Kier alpha value is -2.74. The van der Waals surface area contributed by atoms with Gasteiger partial charge < -0.3 is 4.90 Å². The van der Waals surface area contributed by atoms with Crippen LogP contribution in [-0.2, 0) is 13.0 Å². The molecule has 4 rings (SSSR count). The number of aromatic nitrogens is 3. The van der Waals surface area contributed by atoms with E-state index < -0.39 is 11.2 Å². The maximum atomic E-state index is 12.8. The fourth-order valence-corrected chi connectivity index (χ4v) is 3.69. The van der Waals surface area contributed by atoms with E-state index in [4.69, 9.17) is 0 Å². The second-order valence-electron chi connectivity index (χ2n) is 5.88. The third-order valence-electron chi connectivity index (χ3n) is 4.33. The summed E-state index contributed by atoms with van der Waals surface area (Å²) in [6, 6.07) is 7.42. The van der Waals surface area contributed by atoms with Crippen molar-refractivity contribution in [1.29, 1.82) is 0 Å². The van der Waals surface area contributed by atoms with E-state index in [1.807, 2.05) is 18.2 Å². The number of nitrogens with zero attached hydrogens (tertiary/aromatic N) is 2. The minimum Gasteiger partial charge on any atom is -0.334 e. The summed E-state index contributed by atoms with van der Waals surface area (Å²) >= 11 is 3.54. The molecule has 1 aliphatic heterocycles. The van der Waals surface area contributed by atoms with Crippen LogP contribution in [0.1, 0.15) is 21.5 Å². The predicted octanol–water partition coefficient (Wildman–Crippen LogP) is 1.57. The van der Waals surface area contributed by atoms with E-state index in [1.165, 1.54) is 17.8 Å². The summed E-state index contributed by atoms with van der Waals surface area (Å²) in [6.45, 7) is 1.10. The number of pyridine rings is 1. The van der Waals surface area contributed by atoms with Crippen LogP contribution >= 0.6 is 15.9 Å². The Morgan fingerprint density at radius 2 is 2.08 bits per heavy atom. The number of nitrogens with one attached hydrogen (secondary N) is 2. The van der Waals surface area contributed by atoms with Crippen molar-refractivity contribution in [3.63, 3.8) is 0 Å². The molecular formula is C17H13BrN4O3. The quantitative estimate of drug-likeness (QED) is 0.647. The highest BCUT2D eigenvalue weighted by Gasteiger charge is 2.23. The third-order valence-corrected chi connectivity index (χ3v) is 5.08.